The largest absolute Gasteiger partial charge is 0.492 e. The Balaban J connectivity index is 1.93. The molecule has 0 N–H and O–H groups in total. The molecule has 2 heteroatoms. The van der Waals surface area contributed by atoms with Gasteiger partial charge in [0.05, 0.1) is 12.5 Å². The Labute approximate surface area is 106 Å². The number of ether oxygens (including phenoxy) is 2. The van der Waals surface area contributed by atoms with E-state index in [4.69, 9.17) is 9.47 Å². The van der Waals surface area contributed by atoms with Crippen molar-refractivity contribution in [2.75, 3.05) is 6.61 Å². The third kappa shape index (κ3) is 1.13. The van der Waals surface area contributed by atoms with Gasteiger partial charge < -0.3 is 9.47 Å². The normalized spacial score (nSPS) is 27.5. The maximum atomic E-state index is 6.24. The van der Waals surface area contributed by atoms with Crippen LogP contribution < -0.4 is 9.47 Å². The van der Waals surface area contributed by atoms with Crippen molar-refractivity contribution in [3.05, 3.63) is 59.7 Å². The molecule has 0 bridgehead atoms. The quantitative estimate of drug-likeness (QED) is 0.699. The third-order valence-corrected chi connectivity index (χ3v) is 4.11. The molecule has 4 rings (SSSR count). The van der Waals surface area contributed by atoms with Crippen molar-refractivity contribution >= 4 is 0 Å². The standard InChI is InChI=1S/C16H14O2/c1-16-12-7-3-5-9-15(12)17-10-13(16)11-6-2-4-8-14(11)18-16/h2-9,13H,10H2,1H3. The van der Waals surface area contributed by atoms with E-state index in [2.05, 4.69) is 25.1 Å². The number of para-hydroxylation sites is 2. The van der Waals surface area contributed by atoms with Crippen LogP contribution in [0.3, 0.4) is 0 Å². The molecule has 2 nitrogen and oxygen atoms in total. The van der Waals surface area contributed by atoms with Crippen molar-refractivity contribution in [2.45, 2.75) is 18.4 Å². The summed E-state index contributed by atoms with van der Waals surface area (Å²) in [6, 6.07) is 16.4. The summed E-state index contributed by atoms with van der Waals surface area (Å²) in [4.78, 5) is 0. The minimum Gasteiger partial charge on any atom is -0.492 e. The van der Waals surface area contributed by atoms with Gasteiger partial charge in [-0.3, -0.25) is 0 Å². The molecule has 0 aliphatic carbocycles. The number of fused-ring (bicyclic) bond motifs is 5. The zero-order valence-corrected chi connectivity index (χ0v) is 10.2. The highest BCUT2D eigenvalue weighted by molar-refractivity contribution is 5.51. The lowest BCUT2D eigenvalue weighted by Crippen LogP contribution is -2.38. The van der Waals surface area contributed by atoms with Crippen molar-refractivity contribution in [1.82, 2.24) is 0 Å². The van der Waals surface area contributed by atoms with Crippen molar-refractivity contribution in [1.29, 1.82) is 0 Å². The predicted octanol–water partition coefficient (Wildman–Crippen LogP) is 3.47. The Kier molecular flexibility index (Phi) is 1.83. The SMILES string of the molecule is CC12Oc3ccccc3C1COc1ccccc12. The number of benzene rings is 2. The fraction of sp³-hybridized carbons (Fsp3) is 0.250. The highest BCUT2D eigenvalue weighted by Crippen LogP contribution is 2.54. The first-order valence-corrected chi connectivity index (χ1v) is 6.29. The molecule has 0 fully saturated rings. The van der Waals surface area contributed by atoms with Gasteiger partial charge in [0.2, 0.25) is 0 Å². The Morgan fingerprint density at radius 3 is 2.61 bits per heavy atom. The summed E-state index contributed by atoms with van der Waals surface area (Å²) in [5.41, 5.74) is 2.12. The van der Waals surface area contributed by atoms with Crippen LogP contribution in [0.2, 0.25) is 0 Å². The van der Waals surface area contributed by atoms with Crippen LogP contribution in [0.15, 0.2) is 48.5 Å². The zero-order chi connectivity index (χ0) is 12.2. The molecular formula is C16H14O2. The van der Waals surface area contributed by atoms with Crippen LogP contribution in [0.1, 0.15) is 24.0 Å². The van der Waals surface area contributed by atoms with Crippen molar-refractivity contribution in [2.24, 2.45) is 0 Å². The van der Waals surface area contributed by atoms with Gasteiger partial charge in [-0.2, -0.15) is 0 Å². The molecule has 0 aromatic heterocycles. The summed E-state index contributed by atoms with van der Waals surface area (Å²) in [7, 11) is 0. The second-order valence-electron chi connectivity index (χ2n) is 5.11. The van der Waals surface area contributed by atoms with Crippen LogP contribution in [-0.2, 0) is 5.60 Å². The van der Waals surface area contributed by atoms with E-state index in [1.807, 2.05) is 30.3 Å². The van der Waals surface area contributed by atoms with Gasteiger partial charge in [0.15, 0.2) is 0 Å². The van der Waals surface area contributed by atoms with Crippen molar-refractivity contribution in [3.63, 3.8) is 0 Å². The molecule has 2 aromatic carbocycles. The third-order valence-electron chi connectivity index (χ3n) is 4.11. The Bertz CT molecular complexity index is 620. The molecule has 90 valence electrons. The Hall–Kier alpha value is -1.96. The summed E-state index contributed by atoms with van der Waals surface area (Å²) >= 11 is 0. The average Bonchev–Trinajstić information content (AvgIpc) is 2.71. The van der Waals surface area contributed by atoms with E-state index in [0.717, 1.165) is 17.1 Å². The van der Waals surface area contributed by atoms with Crippen LogP contribution >= 0.6 is 0 Å². The number of hydrogen-bond donors (Lipinski definition) is 0. The second-order valence-corrected chi connectivity index (χ2v) is 5.11. The van der Waals surface area contributed by atoms with E-state index in [1.165, 1.54) is 5.56 Å². The maximum Gasteiger partial charge on any atom is 0.145 e. The minimum atomic E-state index is -0.293. The fourth-order valence-electron chi connectivity index (χ4n) is 3.12. The lowest BCUT2D eigenvalue weighted by molar-refractivity contribution is 0.0435. The summed E-state index contributed by atoms with van der Waals surface area (Å²) in [5.74, 6) is 2.22. The topological polar surface area (TPSA) is 18.5 Å². The van der Waals surface area contributed by atoms with E-state index in [0.29, 0.717) is 6.61 Å². The Morgan fingerprint density at radius 2 is 1.72 bits per heavy atom. The van der Waals surface area contributed by atoms with E-state index >= 15 is 0 Å². The molecule has 2 atom stereocenters. The summed E-state index contributed by atoms with van der Waals surface area (Å²) in [6.45, 7) is 2.85. The zero-order valence-electron chi connectivity index (χ0n) is 10.2. The molecule has 0 amide bonds. The molecule has 0 saturated carbocycles. The van der Waals surface area contributed by atoms with Gasteiger partial charge in [0, 0.05) is 11.1 Å². The van der Waals surface area contributed by atoms with E-state index in [1.54, 1.807) is 0 Å². The molecule has 0 saturated heterocycles. The number of rotatable bonds is 0. The van der Waals surface area contributed by atoms with Crippen LogP contribution in [0.25, 0.3) is 0 Å². The highest BCUT2D eigenvalue weighted by Gasteiger charge is 2.50. The molecule has 2 heterocycles. The highest BCUT2D eigenvalue weighted by atomic mass is 16.5. The van der Waals surface area contributed by atoms with Crippen LogP contribution in [-0.4, -0.2) is 6.61 Å². The molecule has 0 spiro atoms. The molecule has 2 unspecified atom stereocenters. The Morgan fingerprint density at radius 1 is 1.00 bits per heavy atom. The minimum absolute atomic E-state index is 0.281. The van der Waals surface area contributed by atoms with Gasteiger partial charge in [-0.05, 0) is 19.1 Å². The summed E-state index contributed by atoms with van der Waals surface area (Å²) in [6.07, 6.45) is 0. The first-order valence-electron chi connectivity index (χ1n) is 6.29. The predicted molar refractivity (Wildman–Crippen MR) is 69.1 cm³/mol. The van der Waals surface area contributed by atoms with Gasteiger partial charge in [0.25, 0.3) is 0 Å². The molecule has 0 radical (unpaired) electrons. The van der Waals surface area contributed by atoms with Crippen LogP contribution in [0.5, 0.6) is 11.5 Å². The fourth-order valence-corrected chi connectivity index (χ4v) is 3.12. The molecule has 18 heavy (non-hydrogen) atoms. The summed E-state index contributed by atoms with van der Waals surface area (Å²) < 4.78 is 12.1. The van der Waals surface area contributed by atoms with Gasteiger partial charge in [0.1, 0.15) is 17.1 Å². The molecule has 2 aliphatic rings. The maximum absolute atomic E-state index is 6.24. The van der Waals surface area contributed by atoms with Gasteiger partial charge in [-0.15, -0.1) is 0 Å². The molecule has 2 aliphatic heterocycles. The van der Waals surface area contributed by atoms with Gasteiger partial charge >= 0.3 is 0 Å². The lowest BCUT2D eigenvalue weighted by atomic mass is 9.79. The first-order chi connectivity index (χ1) is 8.79. The lowest BCUT2D eigenvalue weighted by Gasteiger charge is -2.36. The molecule has 2 aromatic rings. The van der Waals surface area contributed by atoms with Crippen molar-refractivity contribution < 1.29 is 9.47 Å². The summed E-state index contributed by atoms with van der Waals surface area (Å²) in [5, 5.41) is 0. The van der Waals surface area contributed by atoms with Crippen LogP contribution in [0.4, 0.5) is 0 Å². The van der Waals surface area contributed by atoms with E-state index in [-0.39, 0.29) is 11.5 Å². The smallest absolute Gasteiger partial charge is 0.145 e. The van der Waals surface area contributed by atoms with E-state index < -0.39 is 0 Å². The van der Waals surface area contributed by atoms with E-state index in [9.17, 15) is 0 Å². The second kappa shape index (κ2) is 3.29. The first kappa shape index (κ1) is 10.0. The molecular weight excluding hydrogens is 224 g/mol. The monoisotopic (exact) mass is 238 g/mol. The van der Waals surface area contributed by atoms with Gasteiger partial charge in [-0.1, -0.05) is 36.4 Å². The van der Waals surface area contributed by atoms with Crippen LogP contribution in [0, 0.1) is 0 Å². The average molecular weight is 238 g/mol. The van der Waals surface area contributed by atoms with Gasteiger partial charge in [-0.25, -0.2) is 0 Å². The van der Waals surface area contributed by atoms with Crippen molar-refractivity contribution in [3.8, 4) is 11.5 Å². The number of hydrogen-bond acceptors (Lipinski definition) is 2.